The van der Waals surface area contributed by atoms with Gasteiger partial charge in [-0.05, 0) is 6.92 Å². The molecule has 0 saturated carbocycles. The predicted octanol–water partition coefficient (Wildman–Crippen LogP) is -0.116. The molecule has 0 rings (SSSR count). The molecule has 50 valence electrons. The number of hydrogen-bond donors (Lipinski definition) is 0. The molecule has 0 aliphatic carbocycles. The normalized spacial score (nSPS) is 11.8. The Morgan fingerprint density at radius 3 is 2.67 bits per heavy atom. The van der Waals surface area contributed by atoms with Gasteiger partial charge in [0.15, 0.2) is 0 Å². The summed E-state index contributed by atoms with van der Waals surface area (Å²) in [7, 11) is 1.36. The quantitative estimate of drug-likeness (QED) is 0.386. The van der Waals surface area contributed by atoms with E-state index in [4.69, 9.17) is 0 Å². The average Bonchev–Trinajstić information content (AvgIpc) is 1.87. The molecule has 4 heteroatoms. The smallest absolute Gasteiger partial charge is 0.285 e. The summed E-state index contributed by atoms with van der Waals surface area (Å²) in [5.74, 6) is -0.604. The Hall–Kier alpha value is -0.990. The third-order valence-electron chi connectivity index (χ3n) is 0.857. The van der Waals surface area contributed by atoms with Gasteiger partial charge in [-0.15, -0.1) is 4.99 Å². The monoisotopic (exact) mass is 129 g/mol. The summed E-state index contributed by atoms with van der Waals surface area (Å²) in [6.45, 7) is 1.50. The number of hydrogen-bond acceptors (Lipinski definition) is 3. The number of rotatable bonds is 2. The summed E-state index contributed by atoms with van der Waals surface area (Å²) in [5, 5.41) is 0. The van der Waals surface area contributed by atoms with Crippen LogP contribution >= 0.6 is 0 Å². The number of nitrogens with zero attached hydrogens (tertiary/aromatic N) is 1. The number of aliphatic imine (C=N–C) groups is 1. The minimum atomic E-state index is -0.647. The van der Waals surface area contributed by atoms with Crippen molar-refractivity contribution >= 4 is 12.0 Å². The molecule has 0 radical (unpaired) electrons. The van der Waals surface area contributed by atoms with Crippen LogP contribution in [0.1, 0.15) is 6.92 Å². The fraction of sp³-hybridized carbons (Fsp3) is 0.600. The van der Waals surface area contributed by atoms with E-state index in [0.29, 0.717) is 0 Å². The van der Waals surface area contributed by atoms with E-state index in [0.717, 1.165) is 6.08 Å². The first-order chi connectivity index (χ1) is 4.22. The minimum Gasteiger partial charge on any atom is -0.372 e. The van der Waals surface area contributed by atoms with Crippen molar-refractivity contribution < 1.29 is 14.3 Å². The van der Waals surface area contributed by atoms with Gasteiger partial charge in [0.2, 0.25) is 6.08 Å². The second kappa shape index (κ2) is 3.95. The molecule has 0 saturated heterocycles. The van der Waals surface area contributed by atoms with Gasteiger partial charge >= 0.3 is 0 Å². The highest BCUT2D eigenvalue weighted by molar-refractivity contribution is 5.85. The van der Waals surface area contributed by atoms with E-state index in [-0.39, 0.29) is 0 Å². The molecule has 0 aromatic heterocycles. The van der Waals surface area contributed by atoms with Gasteiger partial charge in [0.05, 0.1) is 0 Å². The fourth-order valence-electron chi connectivity index (χ4n) is 0.237. The summed E-state index contributed by atoms with van der Waals surface area (Å²) in [6, 6.07) is 0. The summed E-state index contributed by atoms with van der Waals surface area (Å²) >= 11 is 0. The van der Waals surface area contributed by atoms with Crippen molar-refractivity contribution in [3.8, 4) is 0 Å². The molecule has 0 spiro atoms. The largest absolute Gasteiger partial charge is 0.372 e. The maximum atomic E-state index is 10.4. The Labute approximate surface area is 52.5 Å². The van der Waals surface area contributed by atoms with Crippen molar-refractivity contribution in [1.29, 1.82) is 0 Å². The zero-order valence-corrected chi connectivity index (χ0v) is 5.25. The van der Waals surface area contributed by atoms with Crippen molar-refractivity contribution in [1.82, 2.24) is 0 Å². The topological polar surface area (TPSA) is 55.7 Å². The lowest BCUT2D eigenvalue weighted by molar-refractivity contribution is -0.126. The highest BCUT2D eigenvalue weighted by Gasteiger charge is 2.08. The third kappa shape index (κ3) is 2.74. The van der Waals surface area contributed by atoms with Crippen molar-refractivity contribution in [2.45, 2.75) is 13.0 Å². The summed E-state index contributed by atoms with van der Waals surface area (Å²) in [6.07, 6.45) is 0.481. The molecule has 9 heavy (non-hydrogen) atoms. The molecular weight excluding hydrogens is 122 g/mol. The third-order valence-corrected chi connectivity index (χ3v) is 0.857. The van der Waals surface area contributed by atoms with Crippen LogP contribution in [0.5, 0.6) is 0 Å². The summed E-state index contributed by atoms with van der Waals surface area (Å²) < 4.78 is 4.54. The molecule has 1 unspecified atom stereocenters. The first kappa shape index (κ1) is 8.01. The number of methoxy groups -OCH3 is 1. The van der Waals surface area contributed by atoms with Crippen LogP contribution in [-0.4, -0.2) is 25.2 Å². The standard InChI is InChI=1S/C5H7NO3/c1-4(9-2)5(8)6-3-7/h4H,1-2H3. The van der Waals surface area contributed by atoms with Gasteiger partial charge in [0.1, 0.15) is 6.10 Å². The SMILES string of the molecule is COC(C)C(=O)N=C=O. The van der Waals surface area contributed by atoms with Gasteiger partial charge in [-0.25, -0.2) is 4.79 Å². The fourth-order valence-corrected chi connectivity index (χ4v) is 0.237. The molecule has 0 bridgehead atoms. The van der Waals surface area contributed by atoms with Gasteiger partial charge < -0.3 is 4.74 Å². The van der Waals surface area contributed by atoms with Crippen molar-refractivity contribution in [2.24, 2.45) is 4.99 Å². The number of isocyanates is 1. The van der Waals surface area contributed by atoms with Crippen LogP contribution in [0.15, 0.2) is 4.99 Å². The summed E-state index contributed by atoms with van der Waals surface area (Å²) in [4.78, 5) is 22.7. The number of carbonyl (C=O) groups excluding carboxylic acids is 2. The molecule has 0 heterocycles. The van der Waals surface area contributed by atoms with Crippen LogP contribution in [0.3, 0.4) is 0 Å². The highest BCUT2D eigenvalue weighted by Crippen LogP contribution is 1.88. The van der Waals surface area contributed by atoms with Gasteiger partial charge in [-0.1, -0.05) is 0 Å². The zero-order valence-electron chi connectivity index (χ0n) is 5.25. The lowest BCUT2D eigenvalue weighted by Crippen LogP contribution is -2.15. The molecule has 0 aliphatic heterocycles. The minimum absolute atomic E-state index is 0.604. The Morgan fingerprint density at radius 1 is 1.78 bits per heavy atom. The first-order valence-electron chi connectivity index (χ1n) is 2.37. The second-order valence-electron chi connectivity index (χ2n) is 1.42. The van der Waals surface area contributed by atoms with E-state index in [1.807, 2.05) is 0 Å². The van der Waals surface area contributed by atoms with Crippen LogP contribution in [-0.2, 0) is 14.3 Å². The van der Waals surface area contributed by atoms with Crippen molar-refractivity contribution in [2.75, 3.05) is 7.11 Å². The Balaban J connectivity index is 3.87. The Bertz CT molecular complexity index is 148. The molecule has 0 N–H and O–H groups in total. The maximum absolute atomic E-state index is 10.4. The van der Waals surface area contributed by atoms with Crippen LogP contribution in [0.4, 0.5) is 0 Å². The molecule has 0 fully saturated rings. The van der Waals surface area contributed by atoms with Crippen molar-refractivity contribution in [3.05, 3.63) is 0 Å². The maximum Gasteiger partial charge on any atom is 0.285 e. The molecule has 0 aromatic rings. The lowest BCUT2D eigenvalue weighted by atomic mass is 10.4. The number of amides is 1. The highest BCUT2D eigenvalue weighted by atomic mass is 16.5. The van der Waals surface area contributed by atoms with Gasteiger partial charge in [-0.3, -0.25) is 4.79 Å². The van der Waals surface area contributed by atoms with E-state index in [2.05, 4.69) is 9.73 Å². The van der Waals surface area contributed by atoms with Crippen LogP contribution in [0.2, 0.25) is 0 Å². The van der Waals surface area contributed by atoms with E-state index in [9.17, 15) is 9.59 Å². The Kier molecular flexibility index (Phi) is 3.51. The molecule has 0 aliphatic rings. The van der Waals surface area contributed by atoms with Gasteiger partial charge in [0, 0.05) is 7.11 Å². The van der Waals surface area contributed by atoms with E-state index in [1.165, 1.54) is 14.0 Å². The molecule has 1 amide bonds. The number of ether oxygens (including phenoxy) is 1. The zero-order chi connectivity index (χ0) is 7.28. The van der Waals surface area contributed by atoms with Crippen LogP contribution < -0.4 is 0 Å². The predicted molar refractivity (Wildman–Crippen MR) is 29.6 cm³/mol. The van der Waals surface area contributed by atoms with Crippen molar-refractivity contribution in [3.63, 3.8) is 0 Å². The molecular formula is C5H7NO3. The average molecular weight is 129 g/mol. The van der Waals surface area contributed by atoms with Crippen LogP contribution in [0, 0.1) is 0 Å². The van der Waals surface area contributed by atoms with E-state index >= 15 is 0 Å². The first-order valence-corrected chi connectivity index (χ1v) is 2.37. The van der Waals surface area contributed by atoms with Crippen LogP contribution in [0.25, 0.3) is 0 Å². The molecule has 4 nitrogen and oxygen atoms in total. The second-order valence-corrected chi connectivity index (χ2v) is 1.42. The molecule has 0 aromatic carbocycles. The van der Waals surface area contributed by atoms with Gasteiger partial charge in [0.25, 0.3) is 5.91 Å². The molecule has 1 atom stereocenters. The summed E-state index contributed by atoms with van der Waals surface area (Å²) in [5.41, 5.74) is 0. The van der Waals surface area contributed by atoms with E-state index < -0.39 is 12.0 Å². The number of carbonyl (C=O) groups is 1. The van der Waals surface area contributed by atoms with Gasteiger partial charge in [-0.2, -0.15) is 0 Å². The Morgan fingerprint density at radius 2 is 2.33 bits per heavy atom. The van der Waals surface area contributed by atoms with E-state index in [1.54, 1.807) is 0 Å². The lowest BCUT2D eigenvalue weighted by Gasteiger charge is -1.99.